The van der Waals surface area contributed by atoms with Crippen LogP contribution < -0.4 is 14.4 Å². The molecule has 2 amide bonds. The lowest BCUT2D eigenvalue weighted by Gasteiger charge is -2.32. The fourth-order valence-electron chi connectivity index (χ4n) is 3.76. The average molecular weight is 579 g/mol. The topological polar surface area (TPSA) is 96.0 Å². The standard InChI is InChI=1S/C27H29Cl2N3O5S/c1-18-8-11-23(12-9-18)38(35,36)32(21-6-5-7-22(15-21)37-4)17-26(33)31(19(2)27(34)30-3)16-20-10-13-24(28)25(29)14-20/h5-15,19H,16-17H2,1-4H3,(H,30,34)/t19-/m0/s1. The van der Waals surface area contributed by atoms with Crippen molar-refractivity contribution in [3.05, 3.63) is 87.9 Å². The van der Waals surface area contributed by atoms with Gasteiger partial charge in [-0.2, -0.15) is 0 Å². The zero-order valence-electron chi connectivity index (χ0n) is 21.4. The van der Waals surface area contributed by atoms with Crippen LogP contribution in [0.15, 0.2) is 71.6 Å². The van der Waals surface area contributed by atoms with Crippen molar-refractivity contribution in [1.29, 1.82) is 0 Å². The molecule has 0 spiro atoms. The first kappa shape index (κ1) is 29.3. The van der Waals surface area contributed by atoms with Gasteiger partial charge in [0.15, 0.2) is 0 Å². The van der Waals surface area contributed by atoms with Crippen molar-refractivity contribution in [2.75, 3.05) is 25.0 Å². The summed E-state index contributed by atoms with van der Waals surface area (Å²) in [7, 11) is -1.24. The number of amides is 2. The van der Waals surface area contributed by atoms with Crippen molar-refractivity contribution in [2.24, 2.45) is 0 Å². The van der Waals surface area contributed by atoms with Gasteiger partial charge in [-0.05, 0) is 55.8 Å². The van der Waals surface area contributed by atoms with Crippen molar-refractivity contribution in [3.63, 3.8) is 0 Å². The molecule has 0 aliphatic rings. The van der Waals surface area contributed by atoms with Crippen LogP contribution in [-0.2, 0) is 26.2 Å². The molecule has 8 nitrogen and oxygen atoms in total. The number of carbonyl (C=O) groups is 2. The number of sulfonamides is 1. The normalized spacial score (nSPS) is 11.9. The van der Waals surface area contributed by atoms with Crippen molar-refractivity contribution in [3.8, 4) is 5.75 Å². The molecule has 0 saturated carbocycles. The minimum Gasteiger partial charge on any atom is -0.497 e. The van der Waals surface area contributed by atoms with Crippen molar-refractivity contribution in [1.82, 2.24) is 10.2 Å². The van der Waals surface area contributed by atoms with Crippen LogP contribution in [0.5, 0.6) is 5.75 Å². The highest BCUT2D eigenvalue weighted by atomic mass is 35.5. The molecule has 0 saturated heterocycles. The van der Waals surface area contributed by atoms with Crippen LogP contribution in [-0.4, -0.2) is 51.9 Å². The van der Waals surface area contributed by atoms with E-state index in [1.807, 2.05) is 6.92 Å². The Balaban J connectivity index is 2.06. The van der Waals surface area contributed by atoms with E-state index in [0.717, 1.165) is 9.87 Å². The lowest BCUT2D eigenvalue weighted by molar-refractivity contribution is -0.139. The molecular weight excluding hydrogens is 549 g/mol. The maximum atomic E-state index is 13.8. The first-order chi connectivity index (χ1) is 18.0. The number of hydrogen-bond acceptors (Lipinski definition) is 5. The summed E-state index contributed by atoms with van der Waals surface area (Å²) in [4.78, 5) is 27.7. The second kappa shape index (κ2) is 12.5. The molecule has 3 aromatic carbocycles. The van der Waals surface area contributed by atoms with E-state index in [2.05, 4.69) is 5.32 Å². The molecule has 202 valence electrons. The molecule has 1 atom stereocenters. The van der Waals surface area contributed by atoms with E-state index in [0.29, 0.717) is 21.4 Å². The van der Waals surface area contributed by atoms with Gasteiger partial charge in [0.1, 0.15) is 18.3 Å². The number of nitrogens with one attached hydrogen (secondary N) is 1. The van der Waals surface area contributed by atoms with Gasteiger partial charge in [-0.15, -0.1) is 0 Å². The van der Waals surface area contributed by atoms with Gasteiger partial charge in [0, 0.05) is 19.7 Å². The van der Waals surface area contributed by atoms with Gasteiger partial charge in [0.05, 0.1) is 27.7 Å². The van der Waals surface area contributed by atoms with Crippen LogP contribution in [0.2, 0.25) is 10.0 Å². The lowest BCUT2D eigenvalue weighted by atomic mass is 10.1. The van der Waals surface area contributed by atoms with Gasteiger partial charge in [-0.3, -0.25) is 13.9 Å². The van der Waals surface area contributed by atoms with Gasteiger partial charge < -0.3 is 15.0 Å². The highest BCUT2D eigenvalue weighted by Crippen LogP contribution is 2.28. The van der Waals surface area contributed by atoms with Crippen LogP contribution >= 0.6 is 23.2 Å². The molecule has 0 unspecified atom stereocenters. The molecule has 0 aliphatic carbocycles. The Hall–Kier alpha value is -3.27. The summed E-state index contributed by atoms with van der Waals surface area (Å²) in [6.07, 6.45) is 0. The molecule has 0 fully saturated rings. The van der Waals surface area contributed by atoms with Gasteiger partial charge >= 0.3 is 0 Å². The average Bonchev–Trinajstić information content (AvgIpc) is 2.91. The zero-order chi connectivity index (χ0) is 28.0. The van der Waals surface area contributed by atoms with E-state index >= 15 is 0 Å². The Labute approximate surface area is 233 Å². The number of hydrogen-bond donors (Lipinski definition) is 1. The molecule has 0 aliphatic heterocycles. The SMILES string of the molecule is CNC(=O)[C@H](C)N(Cc1ccc(Cl)c(Cl)c1)C(=O)CN(c1cccc(OC)c1)S(=O)(=O)c1ccc(C)cc1. The summed E-state index contributed by atoms with van der Waals surface area (Å²) >= 11 is 12.2. The van der Waals surface area contributed by atoms with Crippen molar-refractivity contribution in [2.45, 2.75) is 31.3 Å². The van der Waals surface area contributed by atoms with Crippen molar-refractivity contribution < 1.29 is 22.7 Å². The smallest absolute Gasteiger partial charge is 0.264 e. The maximum Gasteiger partial charge on any atom is 0.264 e. The summed E-state index contributed by atoms with van der Waals surface area (Å²) in [5.41, 5.74) is 1.75. The van der Waals surface area contributed by atoms with E-state index < -0.39 is 34.4 Å². The third-order valence-corrected chi connectivity index (χ3v) is 8.51. The Bertz CT molecular complexity index is 1410. The van der Waals surface area contributed by atoms with E-state index in [-0.39, 0.29) is 17.1 Å². The number of methoxy groups -OCH3 is 1. The molecule has 0 bridgehead atoms. The number of aryl methyl sites for hydroxylation is 1. The fraction of sp³-hybridized carbons (Fsp3) is 0.259. The third kappa shape index (κ3) is 6.78. The Morgan fingerprint density at radius 3 is 2.29 bits per heavy atom. The van der Waals surface area contributed by atoms with Gasteiger partial charge in [-0.25, -0.2) is 8.42 Å². The molecule has 38 heavy (non-hydrogen) atoms. The fourth-order valence-corrected chi connectivity index (χ4v) is 5.48. The summed E-state index contributed by atoms with van der Waals surface area (Å²) in [6.45, 7) is 2.85. The lowest BCUT2D eigenvalue weighted by Crippen LogP contribution is -2.50. The number of halogens is 2. The monoisotopic (exact) mass is 577 g/mol. The number of likely N-dealkylation sites (N-methyl/N-ethyl adjacent to an activating group) is 1. The number of nitrogens with zero attached hydrogens (tertiary/aromatic N) is 2. The summed E-state index contributed by atoms with van der Waals surface area (Å²) in [6, 6.07) is 16.7. The number of ether oxygens (including phenoxy) is 1. The minimum atomic E-state index is -4.17. The number of carbonyl (C=O) groups excluding carboxylic acids is 2. The highest BCUT2D eigenvalue weighted by Gasteiger charge is 2.32. The molecule has 0 heterocycles. The highest BCUT2D eigenvalue weighted by molar-refractivity contribution is 7.92. The van der Waals surface area contributed by atoms with Crippen LogP contribution in [0, 0.1) is 6.92 Å². The van der Waals surface area contributed by atoms with E-state index in [1.54, 1.807) is 55.5 Å². The molecule has 0 radical (unpaired) electrons. The molecular formula is C27H29Cl2N3O5S. The number of benzene rings is 3. The predicted octanol–water partition coefficient (Wildman–Crippen LogP) is 4.67. The van der Waals surface area contributed by atoms with Crippen LogP contribution in [0.25, 0.3) is 0 Å². The van der Waals surface area contributed by atoms with Gasteiger partial charge in [0.2, 0.25) is 11.8 Å². The molecule has 11 heteroatoms. The minimum absolute atomic E-state index is 0.000832. The second-order valence-electron chi connectivity index (χ2n) is 8.59. The third-order valence-electron chi connectivity index (χ3n) is 5.98. The molecule has 3 rings (SSSR count). The quantitative estimate of drug-likeness (QED) is 0.378. The predicted molar refractivity (Wildman–Crippen MR) is 149 cm³/mol. The van der Waals surface area contributed by atoms with Crippen LogP contribution in [0.1, 0.15) is 18.1 Å². The van der Waals surface area contributed by atoms with Gasteiger partial charge in [0.25, 0.3) is 10.0 Å². The molecule has 0 aromatic heterocycles. The van der Waals surface area contributed by atoms with Gasteiger partial charge in [-0.1, -0.05) is 53.0 Å². The summed E-state index contributed by atoms with van der Waals surface area (Å²) < 4.78 is 33.9. The number of anilines is 1. The Morgan fingerprint density at radius 2 is 1.68 bits per heavy atom. The Kier molecular flexibility index (Phi) is 9.65. The molecule has 1 N–H and O–H groups in total. The molecule has 3 aromatic rings. The van der Waals surface area contributed by atoms with E-state index in [4.69, 9.17) is 27.9 Å². The Morgan fingerprint density at radius 1 is 1.00 bits per heavy atom. The van der Waals surface area contributed by atoms with Crippen LogP contribution in [0.4, 0.5) is 5.69 Å². The zero-order valence-corrected chi connectivity index (χ0v) is 23.8. The van der Waals surface area contributed by atoms with E-state index in [1.165, 1.54) is 37.3 Å². The first-order valence-electron chi connectivity index (χ1n) is 11.7. The van der Waals surface area contributed by atoms with Crippen molar-refractivity contribution >= 4 is 50.7 Å². The maximum absolute atomic E-state index is 13.8. The first-order valence-corrected chi connectivity index (χ1v) is 13.9. The second-order valence-corrected chi connectivity index (χ2v) is 11.3. The van der Waals surface area contributed by atoms with Crippen LogP contribution in [0.3, 0.4) is 0 Å². The van der Waals surface area contributed by atoms with E-state index in [9.17, 15) is 18.0 Å². The summed E-state index contributed by atoms with van der Waals surface area (Å²) in [5.74, 6) is -0.580. The number of rotatable bonds is 10. The largest absolute Gasteiger partial charge is 0.497 e. The summed E-state index contributed by atoms with van der Waals surface area (Å²) in [5, 5.41) is 3.18.